The predicted molar refractivity (Wildman–Crippen MR) is 71.8 cm³/mol. The van der Waals surface area contributed by atoms with Gasteiger partial charge >= 0.3 is 0 Å². The molecule has 0 aliphatic rings. The molecule has 1 N–H and O–H groups in total. The Morgan fingerprint density at radius 2 is 2.11 bits per heavy atom. The molecule has 0 aliphatic heterocycles. The van der Waals surface area contributed by atoms with Gasteiger partial charge in [-0.25, -0.2) is 4.39 Å². The van der Waals surface area contributed by atoms with Crippen molar-refractivity contribution in [3.63, 3.8) is 0 Å². The van der Waals surface area contributed by atoms with Crippen LogP contribution in [0.2, 0.25) is 0 Å². The molecule has 0 saturated heterocycles. The average molecular weight is 246 g/mol. The van der Waals surface area contributed by atoms with Crippen molar-refractivity contribution < 1.29 is 4.39 Å². The number of benzene rings is 1. The molecule has 0 fully saturated rings. The maximum Gasteiger partial charge on any atom is 0.126 e. The lowest BCUT2D eigenvalue weighted by Gasteiger charge is -2.15. The number of aromatic nitrogens is 1. The van der Waals surface area contributed by atoms with E-state index in [0.29, 0.717) is 5.56 Å². The number of aryl methyl sites for hydroxylation is 2. The molecule has 2 aromatic rings. The van der Waals surface area contributed by atoms with Crippen LogP contribution in [0.25, 0.3) is 0 Å². The van der Waals surface area contributed by atoms with Gasteiger partial charge in [0.15, 0.2) is 0 Å². The summed E-state index contributed by atoms with van der Waals surface area (Å²) in [5, 5.41) is 3.40. The molecule has 1 atom stereocenters. The molecule has 3 heteroatoms. The highest BCUT2D eigenvalue weighted by Crippen LogP contribution is 2.16. The quantitative estimate of drug-likeness (QED) is 0.875. The van der Waals surface area contributed by atoms with E-state index in [1.54, 1.807) is 13.0 Å². The van der Waals surface area contributed by atoms with Crippen LogP contribution in [0.1, 0.15) is 29.8 Å². The van der Waals surface area contributed by atoms with E-state index in [1.807, 2.05) is 38.4 Å². The van der Waals surface area contributed by atoms with Gasteiger partial charge in [-0.2, -0.15) is 0 Å². The molecule has 18 heavy (non-hydrogen) atoms. The second kappa shape index (κ2) is 5.36. The largest absolute Gasteiger partial charge is 0.353 e. The molecule has 0 amide bonds. The second-order valence-electron chi connectivity index (χ2n) is 4.72. The standard InChI is InChI=1S/C15H19FN2/c1-11-6-7-13(9-15(11)16)12(2)17-10-14-5-4-8-18(14)3/h4-9,12,17H,10H2,1-3H3. The molecule has 1 heterocycles. The van der Waals surface area contributed by atoms with Crippen molar-refractivity contribution >= 4 is 0 Å². The lowest BCUT2D eigenvalue weighted by molar-refractivity contribution is 0.550. The molecule has 0 radical (unpaired) electrons. The van der Waals surface area contributed by atoms with Crippen LogP contribution in [0.15, 0.2) is 36.5 Å². The molecule has 1 unspecified atom stereocenters. The first-order chi connectivity index (χ1) is 8.58. The number of nitrogens with zero attached hydrogens (tertiary/aromatic N) is 1. The molecular weight excluding hydrogens is 227 g/mol. The van der Waals surface area contributed by atoms with Crippen LogP contribution in [0.5, 0.6) is 0 Å². The van der Waals surface area contributed by atoms with E-state index in [0.717, 1.165) is 12.1 Å². The van der Waals surface area contributed by atoms with Gasteiger partial charge in [-0.05, 0) is 43.2 Å². The summed E-state index contributed by atoms with van der Waals surface area (Å²) < 4.78 is 15.6. The average Bonchev–Trinajstić information content (AvgIpc) is 2.75. The summed E-state index contributed by atoms with van der Waals surface area (Å²) in [6.07, 6.45) is 2.02. The van der Waals surface area contributed by atoms with E-state index in [9.17, 15) is 4.39 Å². The van der Waals surface area contributed by atoms with Gasteiger partial charge in [-0.3, -0.25) is 0 Å². The lowest BCUT2D eigenvalue weighted by atomic mass is 10.1. The zero-order valence-corrected chi connectivity index (χ0v) is 11.1. The van der Waals surface area contributed by atoms with E-state index in [-0.39, 0.29) is 11.9 Å². The summed E-state index contributed by atoms with van der Waals surface area (Å²) in [5.41, 5.74) is 2.88. The van der Waals surface area contributed by atoms with Crippen molar-refractivity contribution in [2.45, 2.75) is 26.4 Å². The van der Waals surface area contributed by atoms with E-state index in [4.69, 9.17) is 0 Å². The minimum atomic E-state index is -0.139. The fourth-order valence-electron chi connectivity index (χ4n) is 1.93. The summed E-state index contributed by atoms with van der Waals surface area (Å²) in [7, 11) is 2.02. The van der Waals surface area contributed by atoms with Crippen LogP contribution in [0.3, 0.4) is 0 Å². The molecule has 2 nitrogen and oxygen atoms in total. The summed E-state index contributed by atoms with van der Waals surface area (Å²) in [5.74, 6) is -0.139. The van der Waals surface area contributed by atoms with Crippen molar-refractivity contribution in [2.75, 3.05) is 0 Å². The predicted octanol–water partition coefficient (Wildman–Crippen LogP) is 3.32. The van der Waals surface area contributed by atoms with Crippen molar-refractivity contribution in [3.05, 3.63) is 59.2 Å². The van der Waals surface area contributed by atoms with Crippen LogP contribution in [-0.2, 0) is 13.6 Å². The highest BCUT2D eigenvalue weighted by molar-refractivity contribution is 5.25. The number of halogens is 1. The highest BCUT2D eigenvalue weighted by Gasteiger charge is 2.08. The first-order valence-corrected chi connectivity index (χ1v) is 6.17. The molecule has 1 aromatic carbocycles. The van der Waals surface area contributed by atoms with Gasteiger partial charge in [-0.1, -0.05) is 12.1 Å². The molecule has 96 valence electrons. The van der Waals surface area contributed by atoms with Crippen molar-refractivity contribution in [2.24, 2.45) is 7.05 Å². The number of hydrogen-bond donors (Lipinski definition) is 1. The SMILES string of the molecule is Cc1ccc(C(C)NCc2cccn2C)cc1F. The Morgan fingerprint density at radius 1 is 1.33 bits per heavy atom. The van der Waals surface area contributed by atoms with E-state index < -0.39 is 0 Å². The Kier molecular flexibility index (Phi) is 3.82. The Bertz CT molecular complexity index is 531. The fourth-order valence-corrected chi connectivity index (χ4v) is 1.93. The Balaban J connectivity index is 2.01. The minimum Gasteiger partial charge on any atom is -0.353 e. The van der Waals surface area contributed by atoms with Crippen LogP contribution >= 0.6 is 0 Å². The smallest absolute Gasteiger partial charge is 0.126 e. The molecule has 0 aliphatic carbocycles. The lowest BCUT2D eigenvalue weighted by Crippen LogP contribution is -2.19. The van der Waals surface area contributed by atoms with Crippen LogP contribution < -0.4 is 5.32 Å². The summed E-state index contributed by atoms with van der Waals surface area (Å²) in [4.78, 5) is 0. The summed E-state index contributed by atoms with van der Waals surface area (Å²) >= 11 is 0. The minimum absolute atomic E-state index is 0.134. The third kappa shape index (κ3) is 2.79. The molecule has 0 bridgehead atoms. The van der Waals surface area contributed by atoms with Gasteiger partial charge in [0.2, 0.25) is 0 Å². The first-order valence-electron chi connectivity index (χ1n) is 6.17. The van der Waals surface area contributed by atoms with Crippen LogP contribution in [0, 0.1) is 12.7 Å². The second-order valence-corrected chi connectivity index (χ2v) is 4.72. The molecule has 0 spiro atoms. The third-order valence-electron chi connectivity index (χ3n) is 3.34. The van der Waals surface area contributed by atoms with Crippen molar-refractivity contribution in [1.29, 1.82) is 0 Å². The van der Waals surface area contributed by atoms with Gasteiger partial charge in [0.05, 0.1) is 0 Å². The summed E-state index contributed by atoms with van der Waals surface area (Å²) in [6, 6.07) is 9.64. The van der Waals surface area contributed by atoms with Crippen LogP contribution in [0.4, 0.5) is 4.39 Å². The molecular formula is C15H19FN2. The number of rotatable bonds is 4. The van der Waals surface area contributed by atoms with Gasteiger partial charge < -0.3 is 9.88 Å². The molecule has 1 aromatic heterocycles. The van der Waals surface area contributed by atoms with Crippen molar-refractivity contribution in [1.82, 2.24) is 9.88 Å². The van der Waals surface area contributed by atoms with Crippen molar-refractivity contribution in [3.8, 4) is 0 Å². The van der Waals surface area contributed by atoms with Gasteiger partial charge in [0.1, 0.15) is 5.82 Å². The zero-order valence-electron chi connectivity index (χ0n) is 11.1. The van der Waals surface area contributed by atoms with E-state index >= 15 is 0 Å². The summed E-state index contributed by atoms with van der Waals surface area (Å²) in [6.45, 7) is 4.61. The molecule has 0 saturated carbocycles. The van der Waals surface area contributed by atoms with E-state index in [2.05, 4.69) is 16.0 Å². The van der Waals surface area contributed by atoms with E-state index in [1.165, 1.54) is 5.69 Å². The fraction of sp³-hybridized carbons (Fsp3) is 0.333. The maximum atomic E-state index is 13.5. The number of nitrogens with one attached hydrogen (secondary N) is 1. The Labute approximate surface area is 107 Å². The zero-order chi connectivity index (χ0) is 13.1. The normalized spacial score (nSPS) is 12.7. The topological polar surface area (TPSA) is 17.0 Å². The van der Waals surface area contributed by atoms with Gasteiger partial charge in [-0.15, -0.1) is 0 Å². The Hall–Kier alpha value is -1.61. The van der Waals surface area contributed by atoms with Gasteiger partial charge in [0.25, 0.3) is 0 Å². The first kappa shape index (κ1) is 12.8. The Morgan fingerprint density at radius 3 is 2.72 bits per heavy atom. The number of hydrogen-bond acceptors (Lipinski definition) is 1. The maximum absolute atomic E-state index is 13.5. The third-order valence-corrected chi connectivity index (χ3v) is 3.34. The highest BCUT2D eigenvalue weighted by atomic mass is 19.1. The van der Waals surface area contributed by atoms with Crippen LogP contribution in [-0.4, -0.2) is 4.57 Å². The van der Waals surface area contributed by atoms with Gasteiger partial charge in [0, 0.05) is 31.5 Å². The monoisotopic (exact) mass is 246 g/mol. The molecule has 2 rings (SSSR count).